The quantitative estimate of drug-likeness (QED) is 0.689. The van der Waals surface area contributed by atoms with Crippen LogP contribution in [-0.2, 0) is 25.4 Å². The Morgan fingerprint density at radius 1 is 1.29 bits per heavy atom. The van der Waals surface area contributed by atoms with Crippen molar-refractivity contribution >= 4 is 16.9 Å². The summed E-state index contributed by atoms with van der Waals surface area (Å²) in [6, 6.07) is 1.61. The fourth-order valence-corrected chi connectivity index (χ4v) is 1.84. The third-order valence-corrected chi connectivity index (χ3v) is 2.71. The molecule has 7 nitrogen and oxygen atoms in total. The number of aromatic nitrogens is 3. The van der Waals surface area contributed by atoms with Gasteiger partial charge in [0.1, 0.15) is 12.1 Å². The number of carbonyl (C=O) groups is 1. The van der Waals surface area contributed by atoms with Crippen LogP contribution in [0.15, 0.2) is 21.9 Å². The molecule has 0 radical (unpaired) electrons. The van der Waals surface area contributed by atoms with Gasteiger partial charge in [-0.3, -0.25) is 18.7 Å². The van der Waals surface area contributed by atoms with Crippen LogP contribution >= 0.6 is 0 Å². The van der Waals surface area contributed by atoms with Crippen molar-refractivity contribution in [2.45, 2.75) is 6.54 Å². The molecule has 2 aromatic rings. The average Bonchev–Trinajstić information content (AvgIpc) is 2.66. The largest absolute Gasteiger partial charge is 0.368 e. The zero-order chi connectivity index (χ0) is 12.7. The van der Waals surface area contributed by atoms with Crippen molar-refractivity contribution in [3.8, 4) is 0 Å². The molecular formula is C10H12N4O3. The van der Waals surface area contributed by atoms with Gasteiger partial charge in [0.25, 0.3) is 5.56 Å². The lowest BCUT2D eigenvalue weighted by molar-refractivity contribution is -0.118. The van der Waals surface area contributed by atoms with Gasteiger partial charge in [0.05, 0.1) is 5.52 Å². The number of fused-ring (bicyclic) bond motifs is 1. The van der Waals surface area contributed by atoms with Crippen LogP contribution in [0.3, 0.4) is 0 Å². The molecule has 90 valence electrons. The number of nitrogens with zero attached hydrogens (tertiary/aromatic N) is 3. The molecule has 0 aromatic carbocycles. The Labute approximate surface area is 95.7 Å². The normalized spacial score (nSPS) is 10.9. The van der Waals surface area contributed by atoms with E-state index in [1.165, 1.54) is 16.2 Å². The summed E-state index contributed by atoms with van der Waals surface area (Å²) in [5, 5.41) is 0. The second-order valence-electron chi connectivity index (χ2n) is 3.85. The number of rotatable bonds is 2. The first kappa shape index (κ1) is 11.2. The number of hydrogen-bond donors (Lipinski definition) is 1. The molecular weight excluding hydrogens is 224 g/mol. The maximum Gasteiger partial charge on any atom is 0.331 e. The van der Waals surface area contributed by atoms with Crippen molar-refractivity contribution in [1.82, 2.24) is 13.7 Å². The van der Waals surface area contributed by atoms with Gasteiger partial charge < -0.3 is 10.3 Å². The summed E-state index contributed by atoms with van der Waals surface area (Å²) in [4.78, 5) is 34.5. The Morgan fingerprint density at radius 3 is 2.53 bits per heavy atom. The minimum atomic E-state index is -0.543. The fourth-order valence-electron chi connectivity index (χ4n) is 1.84. The van der Waals surface area contributed by atoms with Gasteiger partial charge in [-0.1, -0.05) is 0 Å². The highest BCUT2D eigenvalue weighted by molar-refractivity contribution is 5.79. The van der Waals surface area contributed by atoms with Crippen LogP contribution in [0.25, 0.3) is 11.0 Å². The van der Waals surface area contributed by atoms with Crippen molar-refractivity contribution < 1.29 is 4.79 Å². The van der Waals surface area contributed by atoms with E-state index in [1.807, 2.05) is 0 Å². The SMILES string of the molecule is Cn1c(=O)c2c(ccn2CC(N)=O)n(C)c1=O. The van der Waals surface area contributed by atoms with Gasteiger partial charge in [-0.15, -0.1) is 0 Å². The summed E-state index contributed by atoms with van der Waals surface area (Å²) in [5.41, 5.74) is 5.04. The molecule has 0 saturated carbocycles. The average molecular weight is 236 g/mol. The Hall–Kier alpha value is -2.31. The maximum absolute atomic E-state index is 11.9. The topological polar surface area (TPSA) is 92.0 Å². The summed E-state index contributed by atoms with van der Waals surface area (Å²) < 4.78 is 3.80. The molecule has 2 N–H and O–H groups in total. The molecule has 2 aromatic heterocycles. The van der Waals surface area contributed by atoms with Crippen molar-refractivity contribution in [2.24, 2.45) is 19.8 Å². The van der Waals surface area contributed by atoms with Gasteiger partial charge in [0.2, 0.25) is 5.91 Å². The Morgan fingerprint density at radius 2 is 1.94 bits per heavy atom. The number of aryl methyl sites for hydroxylation is 1. The van der Waals surface area contributed by atoms with E-state index in [-0.39, 0.29) is 6.54 Å². The maximum atomic E-state index is 11.9. The summed E-state index contributed by atoms with van der Waals surface area (Å²) in [6.45, 7) is -0.0864. The zero-order valence-corrected chi connectivity index (χ0v) is 9.51. The van der Waals surface area contributed by atoms with E-state index in [2.05, 4.69) is 0 Å². The highest BCUT2D eigenvalue weighted by atomic mass is 16.2. The van der Waals surface area contributed by atoms with E-state index in [1.54, 1.807) is 19.3 Å². The first-order valence-corrected chi connectivity index (χ1v) is 4.96. The monoisotopic (exact) mass is 236 g/mol. The summed E-state index contributed by atoms with van der Waals surface area (Å²) >= 11 is 0. The number of nitrogens with two attached hydrogens (primary N) is 1. The van der Waals surface area contributed by atoms with Gasteiger partial charge >= 0.3 is 5.69 Å². The standard InChI is InChI=1S/C10H12N4O3/c1-12-6-3-4-14(5-7(11)15)8(6)9(16)13(2)10(12)17/h3-4H,5H2,1-2H3,(H2,11,15). The second kappa shape index (κ2) is 3.62. The Balaban J connectivity index is 2.90. The van der Waals surface area contributed by atoms with Crippen LogP contribution in [-0.4, -0.2) is 19.6 Å². The van der Waals surface area contributed by atoms with Gasteiger partial charge in [0, 0.05) is 20.3 Å². The predicted molar refractivity (Wildman–Crippen MR) is 61.6 cm³/mol. The van der Waals surface area contributed by atoms with Gasteiger partial charge in [-0.2, -0.15) is 0 Å². The number of amides is 1. The molecule has 7 heteroatoms. The third-order valence-electron chi connectivity index (χ3n) is 2.71. The minimum Gasteiger partial charge on any atom is -0.368 e. The summed E-state index contributed by atoms with van der Waals surface area (Å²) in [6.07, 6.45) is 1.57. The molecule has 0 fully saturated rings. The van der Waals surface area contributed by atoms with Crippen LogP contribution in [0.5, 0.6) is 0 Å². The van der Waals surface area contributed by atoms with Gasteiger partial charge in [-0.05, 0) is 6.07 Å². The first-order chi connectivity index (χ1) is 7.93. The van der Waals surface area contributed by atoms with E-state index in [0.29, 0.717) is 11.0 Å². The van der Waals surface area contributed by atoms with E-state index in [4.69, 9.17) is 5.73 Å². The van der Waals surface area contributed by atoms with Gasteiger partial charge in [0.15, 0.2) is 0 Å². The molecule has 0 aliphatic rings. The lowest BCUT2D eigenvalue weighted by Crippen LogP contribution is -2.37. The summed E-state index contributed by atoms with van der Waals surface area (Å²) in [5.74, 6) is -0.543. The predicted octanol–water partition coefficient (Wildman–Crippen LogP) is -1.48. The highest BCUT2D eigenvalue weighted by Crippen LogP contribution is 2.08. The smallest absolute Gasteiger partial charge is 0.331 e. The van der Waals surface area contributed by atoms with Crippen LogP contribution in [0.1, 0.15) is 0 Å². The minimum absolute atomic E-state index is 0.0864. The van der Waals surface area contributed by atoms with Crippen molar-refractivity contribution in [1.29, 1.82) is 0 Å². The van der Waals surface area contributed by atoms with E-state index in [0.717, 1.165) is 4.57 Å². The van der Waals surface area contributed by atoms with Crippen LogP contribution in [0.2, 0.25) is 0 Å². The summed E-state index contributed by atoms with van der Waals surface area (Å²) in [7, 11) is 2.96. The molecule has 0 aliphatic heterocycles. The lowest BCUT2D eigenvalue weighted by atomic mass is 10.4. The molecule has 17 heavy (non-hydrogen) atoms. The fraction of sp³-hybridized carbons (Fsp3) is 0.300. The molecule has 0 aliphatic carbocycles. The van der Waals surface area contributed by atoms with Crippen molar-refractivity contribution in [2.75, 3.05) is 0 Å². The molecule has 2 rings (SSSR count). The van der Waals surface area contributed by atoms with E-state index < -0.39 is 17.2 Å². The van der Waals surface area contributed by atoms with Crippen LogP contribution in [0, 0.1) is 0 Å². The van der Waals surface area contributed by atoms with Crippen LogP contribution in [0.4, 0.5) is 0 Å². The highest BCUT2D eigenvalue weighted by Gasteiger charge is 2.13. The lowest BCUT2D eigenvalue weighted by Gasteiger charge is -2.06. The second-order valence-corrected chi connectivity index (χ2v) is 3.85. The van der Waals surface area contributed by atoms with E-state index in [9.17, 15) is 14.4 Å². The molecule has 0 atom stereocenters. The molecule has 0 bridgehead atoms. The van der Waals surface area contributed by atoms with Crippen molar-refractivity contribution in [3.63, 3.8) is 0 Å². The molecule has 0 saturated heterocycles. The zero-order valence-electron chi connectivity index (χ0n) is 9.51. The first-order valence-electron chi connectivity index (χ1n) is 4.96. The number of hydrogen-bond acceptors (Lipinski definition) is 3. The van der Waals surface area contributed by atoms with E-state index >= 15 is 0 Å². The number of carbonyl (C=O) groups excluding carboxylic acids is 1. The molecule has 2 heterocycles. The third kappa shape index (κ3) is 1.55. The number of primary amides is 1. The Bertz CT molecular complexity index is 719. The molecule has 0 spiro atoms. The van der Waals surface area contributed by atoms with Gasteiger partial charge in [-0.25, -0.2) is 4.79 Å². The van der Waals surface area contributed by atoms with Crippen molar-refractivity contribution in [3.05, 3.63) is 33.1 Å². The van der Waals surface area contributed by atoms with Crippen LogP contribution < -0.4 is 17.0 Å². The molecule has 0 unspecified atom stereocenters. The Kier molecular flexibility index (Phi) is 2.38. The molecule has 1 amide bonds.